The number of benzene rings is 1. The summed E-state index contributed by atoms with van der Waals surface area (Å²) in [6.45, 7) is 2.25. The topological polar surface area (TPSA) is 96.0 Å². The molecule has 7 nitrogen and oxygen atoms in total. The molecule has 0 radical (unpaired) electrons. The van der Waals surface area contributed by atoms with Gasteiger partial charge < -0.3 is 14.2 Å². The fourth-order valence-electron chi connectivity index (χ4n) is 1.30. The molecule has 1 rings (SSSR count). The molecule has 1 aromatic carbocycles. The average molecular weight is 292 g/mol. The van der Waals surface area contributed by atoms with Gasteiger partial charge in [0.05, 0.1) is 11.1 Å². The highest BCUT2D eigenvalue weighted by Crippen LogP contribution is 2.12. The lowest BCUT2D eigenvalue weighted by Gasteiger charge is -2.05. The number of carbonyl (C=O) groups excluding carboxylic acids is 4. The minimum atomic E-state index is -0.959. The molecule has 0 aromatic heterocycles. The number of hydrogen-bond acceptors (Lipinski definition) is 7. The Bertz CT molecular complexity index is 601. The molecular formula is C14H12O7. The first-order chi connectivity index (χ1) is 9.91. The summed E-state index contributed by atoms with van der Waals surface area (Å²) in [5, 5.41) is 0. The van der Waals surface area contributed by atoms with Crippen LogP contribution < -0.4 is 0 Å². The average Bonchev–Trinajstić information content (AvgIpc) is 2.42. The normalized spacial score (nSPS) is 10.0. The largest absolute Gasteiger partial charge is 0.431 e. The van der Waals surface area contributed by atoms with Crippen LogP contribution in [0, 0.1) is 0 Å². The number of carbonyl (C=O) groups is 4. The van der Waals surface area contributed by atoms with Gasteiger partial charge in [0.2, 0.25) is 0 Å². The third-order valence-corrected chi connectivity index (χ3v) is 2.07. The van der Waals surface area contributed by atoms with Crippen molar-refractivity contribution in [3.63, 3.8) is 0 Å². The molecule has 0 bridgehead atoms. The molecule has 1 aromatic rings. The number of rotatable bonds is 4. The van der Waals surface area contributed by atoms with Crippen molar-refractivity contribution in [2.75, 3.05) is 0 Å². The second-order valence-electron chi connectivity index (χ2n) is 3.71. The van der Waals surface area contributed by atoms with Gasteiger partial charge in [-0.15, -0.1) is 0 Å². The van der Waals surface area contributed by atoms with E-state index in [-0.39, 0.29) is 11.1 Å². The lowest BCUT2D eigenvalue weighted by molar-refractivity contribution is -0.136. The van der Waals surface area contributed by atoms with Gasteiger partial charge in [-0.25, -0.2) is 9.59 Å². The Morgan fingerprint density at radius 1 is 0.810 bits per heavy atom. The van der Waals surface area contributed by atoms with Crippen LogP contribution in [0.3, 0.4) is 0 Å². The molecule has 0 unspecified atom stereocenters. The summed E-state index contributed by atoms with van der Waals surface area (Å²) in [7, 11) is 0. The van der Waals surface area contributed by atoms with E-state index >= 15 is 0 Å². The summed E-state index contributed by atoms with van der Waals surface area (Å²) in [4.78, 5) is 44.7. The van der Waals surface area contributed by atoms with Crippen molar-refractivity contribution in [3.05, 3.63) is 47.9 Å². The molecule has 21 heavy (non-hydrogen) atoms. The van der Waals surface area contributed by atoms with E-state index in [2.05, 4.69) is 14.2 Å². The van der Waals surface area contributed by atoms with Gasteiger partial charge in [-0.3, -0.25) is 9.59 Å². The Kier molecular flexibility index (Phi) is 5.81. The Labute approximate surface area is 120 Å². The predicted molar refractivity (Wildman–Crippen MR) is 68.9 cm³/mol. The van der Waals surface area contributed by atoms with E-state index in [1.807, 2.05) is 0 Å². The van der Waals surface area contributed by atoms with Gasteiger partial charge >= 0.3 is 23.9 Å². The van der Waals surface area contributed by atoms with Crippen LogP contribution in [0.5, 0.6) is 0 Å². The van der Waals surface area contributed by atoms with Crippen LogP contribution in [0.4, 0.5) is 0 Å². The Balaban J connectivity index is 2.85. The van der Waals surface area contributed by atoms with Crippen molar-refractivity contribution in [2.45, 2.75) is 13.8 Å². The van der Waals surface area contributed by atoms with E-state index in [0.29, 0.717) is 0 Å². The van der Waals surface area contributed by atoms with E-state index in [1.54, 1.807) is 0 Å². The second-order valence-corrected chi connectivity index (χ2v) is 3.71. The molecule has 0 amide bonds. The zero-order valence-corrected chi connectivity index (χ0v) is 11.3. The molecule has 110 valence electrons. The zero-order valence-electron chi connectivity index (χ0n) is 11.3. The highest BCUT2D eigenvalue weighted by molar-refractivity contribution is 6.05. The summed E-state index contributed by atoms with van der Waals surface area (Å²) < 4.78 is 13.5. The summed E-state index contributed by atoms with van der Waals surface area (Å²) in [6, 6.07) is 5.66. The Morgan fingerprint density at radius 3 is 1.86 bits per heavy atom. The molecule has 0 saturated heterocycles. The number of hydrogen-bond donors (Lipinski definition) is 0. The van der Waals surface area contributed by atoms with Crippen LogP contribution >= 0.6 is 0 Å². The van der Waals surface area contributed by atoms with Crippen molar-refractivity contribution in [1.82, 2.24) is 0 Å². The third-order valence-electron chi connectivity index (χ3n) is 2.07. The zero-order chi connectivity index (χ0) is 15.8. The first kappa shape index (κ1) is 16.1. The summed E-state index contributed by atoms with van der Waals surface area (Å²) in [5.74, 6) is -3.20. The van der Waals surface area contributed by atoms with Gasteiger partial charge in [0, 0.05) is 13.8 Å². The number of ether oxygens (including phenoxy) is 3. The molecule has 0 saturated carbocycles. The SMILES string of the molecule is CC(=O)OC=COC(=O)c1ccccc1C(=O)OC(C)=O. The summed E-state index contributed by atoms with van der Waals surface area (Å²) in [6.07, 6.45) is 1.74. The lowest BCUT2D eigenvalue weighted by Crippen LogP contribution is -2.14. The molecule has 0 spiro atoms. The fourth-order valence-corrected chi connectivity index (χ4v) is 1.30. The molecule has 0 aliphatic rings. The lowest BCUT2D eigenvalue weighted by atomic mass is 10.1. The quantitative estimate of drug-likeness (QED) is 0.360. The summed E-state index contributed by atoms with van der Waals surface area (Å²) in [5.41, 5.74) is -0.199. The predicted octanol–water partition coefficient (Wildman–Crippen LogP) is 1.58. The van der Waals surface area contributed by atoms with E-state index in [4.69, 9.17) is 0 Å². The van der Waals surface area contributed by atoms with Crippen molar-refractivity contribution < 1.29 is 33.4 Å². The van der Waals surface area contributed by atoms with Crippen LogP contribution in [0.25, 0.3) is 0 Å². The second kappa shape index (κ2) is 7.59. The number of esters is 4. The molecular weight excluding hydrogens is 280 g/mol. The van der Waals surface area contributed by atoms with E-state index < -0.39 is 23.9 Å². The van der Waals surface area contributed by atoms with Crippen LogP contribution in [-0.4, -0.2) is 23.9 Å². The van der Waals surface area contributed by atoms with E-state index in [9.17, 15) is 19.2 Å². The van der Waals surface area contributed by atoms with Crippen molar-refractivity contribution in [1.29, 1.82) is 0 Å². The molecule has 0 N–H and O–H groups in total. The minimum absolute atomic E-state index is 0.0868. The van der Waals surface area contributed by atoms with Gasteiger partial charge in [-0.1, -0.05) is 12.1 Å². The first-order valence-corrected chi connectivity index (χ1v) is 5.77. The highest BCUT2D eigenvalue weighted by atomic mass is 16.6. The van der Waals surface area contributed by atoms with Crippen molar-refractivity contribution in [3.8, 4) is 0 Å². The third kappa shape index (κ3) is 5.27. The first-order valence-electron chi connectivity index (χ1n) is 5.77. The monoisotopic (exact) mass is 292 g/mol. The summed E-state index contributed by atoms with van der Waals surface area (Å²) >= 11 is 0. The van der Waals surface area contributed by atoms with Gasteiger partial charge in [0.25, 0.3) is 0 Å². The van der Waals surface area contributed by atoms with Gasteiger partial charge in [0.1, 0.15) is 12.5 Å². The van der Waals surface area contributed by atoms with Gasteiger partial charge in [0.15, 0.2) is 0 Å². The van der Waals surface area contributed by atoms with Crippen LogP contribution in [0.2, 0.25) is 0 Å². The maximum absolute atomic E-state index is 11.8. The molecule has 0 heterocycles. The maximum atomic E-state index is 11.8. The Hall–Kier alpha value is -2.96. The smallest absolute Gasteiger partial charge is 0.346 e. The van der Waals surface area contributed by atoms with Crippen LogP contribution in [0.1, 0.15) is 34.6 Å². The minimum Gasteiger partial charge on any atom is -0.431 e. The van der Waals surface area contributed by atoms with E-state index in [0.717, 1.165) is 19.4 Å². The van der Waals surface area contributed by atoms with Crippen molar-refractivity contribution >= 4 is 23.9 Å². The Morgan fingerprint density at radius 2 is 1.33 bits per heavy atom. The highest BCUT2D eigenvalue weighted by Gasteiger charge is 2.19. The van der Waals surface area contributed by atoms with E-state index in [1.165, 1.54) is 31.2 Å². The van der Waals surface area contributed by atoms with Gasteiger partial charge in [-0.2, -0.15) is 0 Å². The molecule has 7 heteroatoms. The van der Waals surface area contributed by atoms with Crippen LogP contribution in [0.15, 0.2) is 36.8 Å². The fraction of sp³-hybridized carbons (Fsp3) is 0.143. The molecule has 0 aliphatic carbocycles. The van der Waals surface area contributed by atoms with Gasteiger partial charge in [-0.05, 0) is 12.1 Å². The molecule has 0 aliphatic heterocycles. The maximum Gasteiger partial charge on any atom is 0.346 e. The molecule has 0 atom stereocenters. The van der Waals surface area contributed by atoms with Crippen LogP contribution in [-0.2, 0) is 23.8 Å². The van der Waals surface area contributed by atoms with Crippen molar-refractivity contribution in [2.24, 2.45) is 0 Å². The standard InChI is InChI=1S/C14H12O7/c1-9(15)19-7-8-20-13(17)11-5-3-4-6-12(11)14(18)21-10(2)16/h3-8H,1-2H3. The molecule has 0 fully saturated rings.